The van der Waals surface area contributed by atoms with E-state index in [1.54, 1.807) is 12.1 Å². The number of nitrogens with one attached hydrogen (secondary N) is 2. The molecule has 0 fully saturated rings. The molecule has 1 aromatic heterocycles. The topological polar surface area (TPSA) is 63.5 Å². The molecule has 0 unspecified atom stereocenters. The van der Waals surface area contributed by atoms with Gasteiger partial charge in [0, 0.05) is 11.8 Å². The van der Waals surface area contributed by atoms with Crippen LogP contribution in [0.3, 0.4) is 0 Å². The highest BCUT2D eigenvalue weighted by molar-refractivity contribution is 9.10. The van der Waals surface area contributed by atoms with Gasteiger partial charge in [0.05, 0.1) is 6.61 Å². The number of hydrogen-bond acceptors (Lipinski definition) is 4. The monoisotopic (exact) mass is 410 g/mol. The predicted molar refractivity (Wildman–Crippen MR) is 101 cm³/mol. The maximum Gasteiger partial charge on any atom is 0.293 e. The van der Waals surface area contributed by atoms with E-state index in [1.807, 2.05) is 24.3 Å². The maximum atomic E-state index is 12.0. The summed E-state index contributed by atoms with van der Waals surface area (Å²) in [5.41, 5.74) is 0.739. The molecular formula is C17H19BrN2O3S. The minimum Gasteiger partial charge on any atom is -0.494 e. The number of ether oxygens (including phenoxy) is 1. The molecule has 0 spiro atoms. The van der Waals surface area contributed by atoms with Crippen LogP contribution in [0.25, 0.3) is 0 Å². The number of hydrogen-bond donors (Lipinski definition) is 2. The molecule has 1 heterocycles. The van der Waals surface area contributed by atoms with Gasteiger partial charge in [-0.2, -0.15) is 0 Å². The zero-order valence-electron chi connectivity index (χ0n) is 13.5. The Hall–Kier alpha value is -1.86. The molecule has 2 rings (SSSR count). The average molecular weight is 411 g/mol. The summed E-state index contributed by atoms with van der Waals surface area (Å²) in [6.45, 7) is 4.97. The summed E-state index contributed by atoms with van der Waals surface area (Å²) in [5.74, 6) is 1.11. The molecule has 0 atom stereocenters. The van der Waals surface area contributed by atoms with Gasteiger partial charge in [0.2, 0.25) is 0 Å². The largest absolute Gasteiger partial charge is 0.494 e. The molecule has 2 N–H and O–H groups in total. The van der Waals surface area contributed by atoms with Crippen molar-refractivity contribution in [2.45, 2.75) is 20.3 Å². The van der Waals surface area contributed by atoms with Gasteiger partial charge in [-0.05, 0) is 64.8 Å². The fraction of sp³-hybridized carbons (Fsp3) is 0.294. The molecule has 7 heteroatoms. The van der Waals surface area contributed by atoms with E-state index in [1.165, 1.54) is 0 Å². The van der Waals surface area contributed by atoms with Gasteiger partial charge in [-0.25, -0.2) is 0 Å². The van der Waals surface area contributed by atoms with Crippen molar-refractivity contribution in [3.63, 3.8) is 0 Å². The van der Waals surface area contributed by atoms with Gasteiger partial charge in [0.15, 0.2) is 15.5 Å². The normalized spacial score (nSPS) is 10.5. The maximum absolute atomic E-state index is 12.0. The molecule has 128 valence electrons. The molecule has 1 aromatic carbocycles. The van der Waals surface area contributed by atoms with Crippen molar-refractivity contribution in [2.75, 3.05) is 11.9 Å². The number of thiocarbonyl (C=S) groups is 1. The van der Waals surface area contributed by atoms with E-state index in [2.05, 4.69) is 40.4 Å². The van der Waals surface area contributed by atoms with Crippen molar-refractivity contribution in [3.05, 3.63) is 46.8 Å². The first-order chi connectivity index (χ1) is 11.4. The summed E-state index contributed by atoms with van der Waals surface area (Å²) in [6.07, 6.45) is 0.991. The summed E-state index contributed by atoms with van der Waals surface area (Å²) in [4.78, 5) is 12.0. The van der Waals surface area contributed by atoms with Crippen LogP contribution in [-0.2, 0) is 0 Å². The summed E-state index contributed by atoms with van der Waals surface area (Å²) in [7, 11) is 0. The molecule has 5 nitrogen and oxygen atoms in total. The van der Waals surface area contributed by atoms with Crippen molar-refractivity contribution >= 4 is 44.9 Å². The minimum atomic E-state index is -0.414. The van der Waals surface area contributed by atoms with Crippen LogP contribution < -0.4 is 15.4 Å². The number of carbonyl (C=O) groups excluding carboxylic acids is 1. The molecule has 0 aliphatic carbocycles. The molecule has 0 saturated heterocycles. The lowest BCUT2D eigenvalue weighted by Gasteiger charge is -2.11. The first-order valence-electron chi connectivity index (χ1n) is 7.54. The number of carbonyl (C=O) groups is 1. The van der Waals surface area contributed by atoms with E-state index in [0.29, 0.717) is 17.2 Å². The second-order valence-corrected chi connectivity index (χ2v) is 6.76. The van der Waals surface area contributed by atoms with Gasteiger partial charge < -0.3 is 14.5 Å². The number of furan rings is 1. The number of halogens is 1. The number of anilines is 1. The summed E-state index contributed by atoms with van der Waals surface area (Å²) < 4.78 is 11.4. The van der Waals surface area contributed by atoms with Gasteiger partial charge in [-0.1, -0.05) is 19.9 Å². The predicted octanol–water partition coefficient (Wildman–Crippen LogP) is 4.59. The SMILES string of the molecule is CC(C)CCOc1cccc(NC(=S)NC(=O)c2ccc(Br)o2)c1. The summed E-state index contributed by atoms with van der Waals surface area (Å²) in [6, 6.07) is 10.6. The second-order valence-electron chi connectivity index (χ2n) is 5.57. The van der Waals surface area contributed by atoms with Crippen molar-refractivity contribution < 1.29 is 13.9 Å². The van der Waals surface area contributed by atoms with E-state index in [0.717, 1.165) is 17.9 Å². The third-order valence-corrected chi connectivity index (χ3v) is 3.71. The highest BCUT2D eigenvalue weighted by Crippen LogP contribution is 2.18. The highest BCUT2D eigenvalue weighted by Gasteiger charge is 2.12. The van der Waals surface area contributed by atoms with Crippen LogP contribution in [0.2, 0.25) is 0 Å². The van der Waals surface area contributed by atoms with E-state index in [9.17, 15) is 4.79 Å². The average Bonchev–Trinajstić information content (AvgIpc) is 2.94. The van der Waals surface area contributed by atoms with Gasteiger partial charge >= 0.3 is 0 Å². The zero-order valence-corrected chi connectivity index (χ0v) is 15.9. The lowest BCUT2D eigenvalue weighted by atomic mass is 10.1. The highest BCUT2D eigenvalue weighted by atomic mass is 79.9. The quantitative estimate of drug-likeness (QED) is 0.681. The summed E-state index contributed by atoms with van der Waals surface area (Å²) in [5, 5.41) is 5.70. The second kappa shape index (κ2) is 8.84. The van der Waals surface area contributed by atoms with Crippen molar-refractivity contribution in [1.29, 1.82) is 0 Å². The Kier molecular flexibility index (Phi) is 6.81. The first-order valence-corrected chi connectivity index (χ1v) is 8.74. The Morgan fingerprint density at radius 3 is 2.79 bits per heavy atom. The summed E-state index contributed by atoms with van der Waals surface area (Å²) >= 11 is 8.30. The lowest BCUT2D eigenvalue weighted by molar-refractivity contribution is 0.0949. The molecular weight excluding hydrogens is 392 g/mol. The van der Waals surface area contributed by atoms with E-state index in [4.69, 9.17) is 21.4 Å². The van der Waals surface area contributed by atoms with E-state index >= 15 is 0 Å². The Bertz CT molecular complexity index is 715. The number of amides is 1. The third kappa shape index (κ3) is 5.98. The molecule has 24 heavy (non-hydrogen) atoms. The fourth-order valence-corrected chi connectivity index (χ4v) is 2.36. The molecule has 0 aliphatic rings. The van der Waals surface area contributed by atoms with Crippen molar-refractivity contribution in [3.8, 4) is 5.75 Å². The lowest BCUT2D eigenvalue weighted by Crippen LogP contribution is -2.33. The van der Waals surface area contributed by atoms with Gasteiger partial charge in [0.25, 0.3) is 5.91 Å². The molecule has 0 radical (unpaired) electrons. The van der Waals surface area contributed by atoms with Crippen LogP contribution in [-0.4, -0.2) is 17.6 Å². The third-order valence-electron chi connectivity index (χ3n) is 3.08. The van der Waals surface area contributed by atoms with Crippen molar-refractivity contribution in [1.82, 2.24) is 5.32 Å². The molecule has 1 amide bonds. The molecule has 0 bridgehead atoms. The smallest absolute Gasteiger partial charge is 0.293 e. The number of benzene rings is 1. The van der Waals surface area contributed by atoms with Crippen LogP contribution in [0.1, 0.15) is 30.8 Å². The Morgan fingerprint density at radius 2 is 2.12 bits per heavy atom. The molecule has 2 aromatic rings. The van der Waals surface area contributed by atoms with E-state index < -0.39 is 5.91 Å². The van der Waals surface area contributed by atoms with Gasteiger partial charge in [0.1, 0.15) is 5.75 Å². The minimum absolute atomic E-state index is 0.178. The van der Waals surface area contributed by atoms with Crippen LogP contribution in [0, 0.1) is 5.92 Å². The standard InChI is InChI=1S/C17H19BrN2O3S/c1-11(2)8-9-22-13-5-3-4-12(10-13)19-17(24)20-16(21)14-6-7-15(18)23-14/h3-7,10-11H,8-9H2,1-2H3,(H2,19,20,21,24). The Balaban J connectivity index is 1.88. The van der Waals surface area contributed by atoms with Crippen LogP contribution in [0.5, 0.6) is 5.75 Å². The van der Waals surface area contributed by atoms with Crippen LogP contribution >= 0.6 is 28.1 Å². The molecule has 0 aliphatic heterocycles. The number of rotatable bonds is 6. The zero-order chi connectivity index (χ0) is 17.5. The van der Waals surface area contributed by atoms with Gasteiger partial charge in [-0.15, -0.1) is 0 Å². The fourth-order valence-electron chi connectivity index (χ4n) is 1.84. The van der Waals surface area contributed by atoms with Crippen molar-refractivity contribution in [2.24, 2.45) is 5.92 Å². The van der Waals surface area contributed by atoms with Crippen LogP contribution in [0.15, 0.2) is 45.5 Å². The Morgan fingerprint density at radius 1 is 1.33 bits per heavy atom. The Labute approximate surface area is 154 Å². The van der Waals surface area contributed by atoms with Gasteiger partial charge in [-0.3, -0.25) is 10.1 Å². The van der Waals surface area contributed by atoms with E-state index in [-0.39, 0.29) is 10.9 Å². The van der Waals surface area contributed by atoms with Crippen LogP contribution in [0.4, 0.5) is 5.69 Å². The first kappa shape index (κ1) is 18.5. The molecule has 0 saturated carbocycles.